The van der Waals surface area contributed by atoms with Gasteiger partial charge in [0.2, 0.25) is 0 Å². The Balaban J connectivity index is 2.57. The molecule has 14 heavy (non-hydrogen) atoms. The molecule has 0 bridgehead atoms. The van der Waals surface area contributed by atoms with Crippen molar-refractivity contribution in [3.05, 3.63) is 34.8 Å². The fraction of sp³-hybridized carbons (Fsp3) is 0.111. The second-order valence-corrected chi connectivity index (χ2v) is 3.84. The van der Waals surface area contributed by atoms with Crippen LogP contribution in [0.1, 0.15) is 0 Å². The van der Waals surface area contributed by atoms with Gasteiger partial charge in [-0.3, -0.25) is 0 Å². The molecule has 1 aromatic carbocycles. The van der Waals surface area contributed by atoms with Gasteiger partial charge in [0, 0.05) is 17.1 Å². The van der Waals surface area contributed by atoms with Gasteiger partial charge >= 0.3 is 0 Å². The fourth-order valence-electron chi connectivity index (χ4n) is 1.23. The third-order valence-electron chi connectivity index (χ3n) is 1.83. The second-order valence-electron chi connectivity index (χ2n) is 2.92. The molecule has 1 heterocycles. The van der Waals surface area contributed by atoms with Crippen molar-refractivity contribution >= 4 is 15.9 Å². The Morgan fingerprint density at radius 3 is 2.71 bits per heavy atom. The predicted octanol–water partition coefficient (Wildman–Crippen LogP) is 2.38. The first-order valence-electron chi connectivity index (χ1n) is 3.97. The number of aryl methyl sites for hydroxylation is 1. The molecule has 0 atom stereocenters. The second kappa shape index (κ2) is 3.49. The molecule has 72 valence electrons. The van der Waals surface area contributed by atoms with Gasteiger partial charge in [0.15, 0.2) is 5.82 Å². The van der Waals surface area contributed by atoms with Gasteiger partial charge in [0.05, 0.1) is 0 Å². The van der Waals surface area contributed by atoms with E-state index >= 15 is 0 Å². The topological polar surface area (TPSA) is 30.7 Å². The molecule has 5 heteroatoms. The molecule has 0 radical (unpaired) electrons. The van der Waals surface area contributed by atoms with E-state index in [-0.39, 0.29) is 5.82 Å². The summed E-state index contributed by atoms with van der Waals surface area (Å²) in [5.74, 6) is 0.350. The molecule has 3 nitrogen and oxygen atoms in total. The minimum absolute atomic E-state index is 0.294. The lowest BCUT2D eigenvalue weighted by atomic mass is 10.2. The van der Waals surface area contributed by atoms with Crippen molar-refractivity contribution in [1.82, 2.24) is 14.8 Å². The van der Waals surface area contributed by atoms with Crippen LogP contribution in [-0.4, -0.2) is 14.8 Å². The largest absolute Gasteiger partial charge is 0.317 e. The number of rotatable bonds is 1. The Morgan fingerprint density at radius 1 is 1.36 bits per heavy atom. The van der Waals surface area contributed by atoms with Crippen molar-refractivity contribution in [3.63, 3.8) is 0 Å². The van der Waals surface area contributed by atoms with Crippen molar-refractivity contribution in [2.24, 2.45) is 7.05 Å². The summed E-state index contributed by atoms with van der Waals surface area (Å²) >= 11 is 3.23. The van der Waals surface area contributed by atoms with Crippen LogP contribution in [0, 0.1) is 5.82 Å². The molecule has 0 unspecified atom stereocenters. The van der Waals surface area contributed by atoms with E-state index in [0.717, 1.165) is 0 Å². The maximum atomic E-state index is 13.1. The van der Waals surface area contributed by atoms with Crippen molar-refractivity contribution in [2.75, 3.05) is 0 Å². The van der Waals surface area contributed by atoms with Crippen LogP contribution in [0.15, 0.2) is 29.0 Å². The van der Waals surface area contributed by atoms with Gasteiger partial charge < -0.3 is 4.57 Å². The summed E-state index contributed by atoms with van der Waals surface area (Å²) in [6.07, 6.45) is 1.58. The monoisotopic (exact) mass is 255 g/mol. The molecule has 0 aliphatic rings. The highest BCUT2D eigenvalue weighted by Crippen LogP contribution is 2.22. The lowest BCUT2D eigenvalue weighted by molar-refractivity contribution is 0.627. The highest BCUT2D eigenvalue weighted by atomic mass is 79.9. The predicted molar refractivity (Wildman–Crippen MR) is 54.1 cm³/mol. The van der Waals surface area contributed by atoms with Crippen LogP contribution in [0.4, 0.5) is 4.39 Å². The lowest BCUT2D eigenvalue weighted by Gasteiger charge is -2.01. The summed E-state index contributed by atoms with van der Waals surface area (Å²) in [7, 11) is 1.81. The molecular formula is C9H7BrFN3. The van der Waals surface area contributed by atoms with E-state index < -0.39 is 0 Å². The molecule has 0 saturated carbocycles. The summed E-state index contributed by atoms with van der Waals surface area (Å²) in [5, 5.41) is 7.63. The van der Waals surface area contributed by atoms with Crippen LogP contribution in [0.25, 0.3) is 11.4 Å². The summed E-state index contributed by atoms with van der Waals surface area (Å²) in [5.41, 5.74) is 0.705. The summed E-state index contributed by atoms with van der Waals surface area (Å²) in [6.45, 7) is 0. The molecule has 2 rings (SSSR count). The quantitative estimate of drug-likeness (QED) is 0.784. The fourth-order valence-corrected chi connectivity index (χ4v) is 1.69. The summed E-state index contributed by atoms with van der Waals surface area (Å²) in [4.78, 5) is 0. The van der Waals surface area contributed by atoms with Gasteiger partial charge in [-0.15, -0.1) is 10.2 Å². The average molecular weight is 256 g/mol. The van der Waals surface area contributed by atoms with Gasteiger partial charge in [-0.2, -0.15) is 0 Å². The van der Waals surface area contributed by atoms with E-state index in [1.54, 1.807) is 17.0 Å². The molecule has 0 saturated heterocycles. The number of benzene rings is 1. The van der Waals surface area contributed by atoms with E-state index in [1.165, 1.54) is 12.1 Å². The summed E-state index contributed by atoms with van der Waals surface area (Å²) < 4.78 is 15.5. The standard InChI is InChI=1S/C9H7BrFN3/c1-14-5-12-13-9(14)6-2-7(10)4-8(11)3-6/h2-5H,1H3. The van der Waals surface area contributed by atoms with E-state index in [0.29, 0.717) is 15.9 Å². The minimum atomic E-state index is -0.294. The lowest BCUT2D eigenvalue weighted by Crippen LogP contribution is -1.91. The normalized spacial score (nSPS) is 10.5. The number of hydrogen-bond acceptors (Lipinski definition) is 2. The van der Waals surface area contributed by atoms with Gasteiger partial charge in [-0.25, -0.2) is 4.39 Å². The molecule has 0 aliphatic heterocycles. The van der Waals surface area contributed by atoms with E-state index in [4.69, 9.17) is 0 Å². The SMILES string of the molecule is Cn1cnnc1-c1cc(F)cc(Br)c1. The van der Waals surface area contributed by atoms with E-state index in [9.17, 15) is 4.39 Å². The highest BCUT2D eigenvalue weighted by molar-refractivity contribution is 9.10. The van der Waals surface area contributed by atoms with Crippen LogP contribution in [-0.2, 0) is 7.05 Å². The molecule has 0 fully saturated rings. The Labute approximate surface area is 88.7 Å². The first-order valence-corrected chi connectivity index (χ1v) is 4.76. The van der Waals surface area contributed by atoms with Crippen LogP contribution in [0.3, 0.4) is 0 Å². The first-order chi connectivity index (χ1) is 6.66. The molecular weight excluding hydrogens is 249 g/mol. The van der Waals surface area contributed by atoms with E-state index in [2.05, 4.69) is 26.1 Å². The van der Waals surface area contributed by atoms with Crippen molar-refractivity contribution in [1.29, 1.82) is 0 Å². The Morgan fingerprint density at radius 2 is 2.14 bits per heavy atom. The maximum Gasteiger partial charge on any atom is 0.163 e. The smallest absolute Gasteiger partial charge is 0.163 e. The van der Waals surface area contributed by atoms with Crippen LogP contribution in [0.5, 0.6) is 0 Å². The molecule has 0 N–H and O–H groups in total. The van der Waals surface area contributed by atoms with Gasteiger partial charge in [-0.05, 0) is 18.2 Å². The van der Waals surface area contributed by atoms with Crippen LogP contribution in [0.2, 0.25) is 0 Å². The number of halogens is 2. The summed E-state index contributed by atoms with van der Waals surface area (Å²) in [6, 6.07) is 4.63. The third kappa shape index (κ3) is 1.68. The molecule has 0 amide bonds. The molecule has 1 aromatic heterocycles. The molecule has 2 aromatic rings. The number of nitrogens with zero attached hydrogens (tertiary/aromatic N) is 3. The highest BCUT2D eigenvalue weighted by Gasteiger charge is 2.06. The van der Waals surface area contributed by atoms with Crippen molar-refractivity contribution in [2.45, 2.75) is 0 Å². The van der Waals surface area contributed by atoms with Crippen LogP contribution < -0.4 is 0 Å². The third-order valence-corrected chi connectivity index (χ3v) is 2.29. The Bertz CT molecular complexity index is 447. The van der Waals surface area contributed by atoms with Gasteiger partial charge in [-0.1, -0.05) is 15.9 Å². The van der Waals surface area contributed by atoms with Gasteiger partial charge in [0.1, 0.15) is 12.1 Å². The van der Waals surface area contributed by atoms with Crippen molar-refractivity contribution < 1.29 is 4.39 Å². The first kappa shape index (κ1) is 9.33. The Hall–Kier alpha value is -1.23. The zero-order valence-corrected chi connectivity index (χ0v) is 8.99. The molecule has 0 aliphatic carbocycles. The minimum Gasteiger partial charge on any atom is -0.317 e. The Kier molecular flexibility index (Phi) is 2.33. The van der Waals surface area contributed by atoms with Gasteiger partial charge in [0.25, 0.3) is 0 Å². The molecule has 0 spiro atoms. The zero-order chi connectivity index (χ0) is 10.1. The number of hydrogen-bond donors (Lipinski definition) is 0. The van der Waals surface area contributed by atoms with Crippen LogP contribution >= 0.6 is 15.9 Å². The van der Waals surface area contributed by atoms with Crippen molar-refractivity contribution in [3.8, 4) is 11.4 Å². The average Bonchev–Trinajstić information content (AvgIpc) is 2.49. The van der Waals surface area contributed by atoms with E-state index in [1.807, 2.05) is 7.05 Å². The zero-order valence-electron chi connectivity index (χ0n) is 7.41. The number of aromatic nitrogens is 3. The maximum absolute atomic E-state index is 13.1.